The van der Waals surface area contributed by atoms with Crippen LogP contribution in [0.5, 0.6) is 0 Å². The maximum Gasteiger partial charge on any atom is 0.0914 e. The lowest BCUT2D eigenvalue weighted by molar-refractivity contribution is 0.175. The maximum absolute atomic E-state index is 9.79. The van der Waals surface area contributed by atoms with Crippen molar-refractivity contribution >= 4 is 15.9 Å². The minimum Gasteiger partial charge on any atom is -0.387 e. The zero-order chi connectivity index (χ0) is 10.6. The van der Waals surface area contributed by atoms with E-state index in [4.69, 9.17) is 0 Å². The monoisotopic (exact) mass is 257 g/mol. The summed E-state index contributed by atoms with van der Waals surface area (Å²) in [5.41, 5.74) is 2.12. The second-order valence-electron chi connectivity index (χ2n) is 3.33. The predicted molar refractivity (Wildman–Crippen MR) is 62.4 cm³/mol. The lowest BCUT2D eigenvalue weighted by Crippen LogP contribution is -2.20. The number of hydrogen-bond donors (Lipinski definition) is 2. The smallest absolute Gasteiger partial charge is 0.0914 e. The van der Waals surface area contributed by atoms with Crippen molar-refractivity contribution in [3.8, 4) is 0 Å². The summed E-state index contributed by atoms with van der Waals surface area (Å²) in [5, 5.41) is 12.9. The van der Waals surface area contributed by atoms with E-state index in [0.717, 1.165) is 22.1 Å². The van der Waals surface area contributed by atoms with Gasteiger partial charge in [0.15, 0.2) is 0 Å². The summed E-state index contributed by atoms with van der Waals surface area (Å²) in [6, 6.07) is 5.92. The highest BCUT2D eigenvalue weighted by atomic mass is 79.9. The minimum atomic E-state index is -0.415. The van der Waals surface area contributed by atoms with Gasteiger partial charge in [-0.15, -0.1) is 0 Å². The predicted octanol–water partition coefficient (Wildman–Crippen LogP) is 2.40. The number of nitrogens with one attached hydrogen (secondary N) is 1. The summed E-state index contributed by atoms with van der Waals surface area (Å²) in [7, 11) is 0. The highest BCUT2D eigenvalue weighted by Gasteiger charge is 2.07. The molecule has 0 saturated heterocycles. The molecule has 0 amide bonds. The second kappa shape index (κ2) is 5.49. The Labute approximate surface area is 93.5 Å². The average Bonchev–Trinajstić information content (AvgIpc) is 2.18. The Hall–Kier alpha value is -0.380. The topological polar surface area (TPSA) is 32.3 Å². The summed E-state index contributed by atoms with van der Waals surface area (Å²) in [6.07, 6.45) is -0.415. The van der Waals surface area contributed by atoms with Crippen LogP contribution in [0.25, 0.3) is 0 Å². The first-order chi connectivity index (χ1) is 6.65. The zero-order valence-corrected chi connectivity index (χ0v) is 10.1. The number of halogens is 1. The summed E-state index contributed by atoms with van der Waals surface area (Å²) < 4.78 is 1.08. The number of aryl methyl sites for hydroxylation is 1. The van der Waals surface area contributed by atoms with Crippen LogP contribution in [-0.2, 0) is 0 Å². The minimum absolute atomic E-state index is 0.415. The van der Waals surface area contributed by atoms with Crippen LogP contribution >= 0.6 is 15.9 Å². The quantitative estimate of drug-likeness (QED) is 0.869. The van der Waals surface area contributed by atoms with Crippen LogP contribution in [0.1, 0.15) is 24.2 Å². The highest BCUT2D eigenvalue weighted by Crippen LogP contribution is 2.20. The lowest BCUT2D eigenvalue weighted by atomic mass is 10.1. The van der Waals surface area contributed by atoms with Crippen LogP contribution in [0.3, 0.4) is 0 Å². The Bertz CT molecular complexity index is 301. The fourth-order valence-electron chi connectivity index (χ4n) is 1.27. The molecule has 0 aliphatic heterocycles. The Morgan fingerprint density at radius 3 is 2.79 bits per heavy atom. The number of aliphatic hydroxyl groups is 1. The average molecular weight is 258 g/mol. The van der Waals surface area contributed by atoms with E-state index < -0.39 is 6.10 Å². The van der Waals surface area contributed by atoms with Crippen molar-refractivity contribution < 1.29 is 5.11 Å². The van der Waals surface area contributed by atoms with Crippen molar-refractivity contribution in [3.63, 3.8) is 0 Å². The largest absolute Gasteiger partial charge is 0.387 e. The van der Waals surface area contributed by atoms with Crippen molar-refractivity contribution in [2.45, 2.75) is 20.0 Å². The molecule has 0 aliphatic carbocycles. The lowest BCUT2D eigenvalue weighted by Gasteiger charge is -2.12. The Morgan fingerprint density at radius 1 is 1.50 bits per heavy atom. The van der Waals surface area contributed by atoms with Gasteiger partial charge in [-0.1, -0.05) is 35.0 Å². The molecular formula is C11H16BrNO. The van der Waals surface area contributed by atoms with Crippen LogP contribution in [-0.4, -0.2) is 18.2 Å². The Kier molecular flexibility index (Phi) is 4.58. The van der Waals surface area contributed by atoms with Crippen molar-refractivity contribution in [1.82, 2.24) is 5.32 Å². The fourth-order valence-corrected chi connectivity index (χ4v) is 1.52. The van der Waals surface area contributed by atoms with Gasteiger partial charge in [-0.05, 0) is 30.7 Å². The molecule has 2 nitrogen and oxygen atoms in total. The molecule has 0 aliphatic rings. The van der Waals surface area contributed by atoms with E-state index in [9.17, 15) is 5.11 Å². The molecule has 1 aromatic rings. The number of hydrogen-bond acceptors (Lipinski definition) is 2. The first-order valence-electron chi connectivity index (χ1n) is 4.80. The third-order valence-corrected chi connectivity index (χ3v) is 3.04. The molecular weight excluding hydrogens is 242 g/mol. The van der Waals surface area contributed by atoms with E-state index in [1.807, 2.05) is 32.0 Å². The van der Waals surface area contributed by atoms with Crippen LogP contribution in [0.15, 0.2) is 22.7 Å². The molecule has 1 rings (SSSR count). The van der Waals surface area contributed by atoms with E-state index in [-0.39, 0.29) is 0 Å². The number of likely N-dealkylation sites (N-methyl/N-ethyl adjacent to an activating group) is 1. The van der Waals surface area contributed by atoms with E-state index in [0.29, 0.717) is 6.54 Å². The molecule has 14 heavy (non-hydrogen) atoms. The SMILES string of the molecule is CCNCC(O)c1ccc(Br)c(C)c1. The molecule has 0 saturated carbocycles. The third kappa shape index (κ3) is 3.08. The molecule has 0 heterocycles. The van der Waals surface area contributed by atoms with E-state index in [1.165, 1.54) is 0 Å². The Morgan fingerprint density at radius 2 is 2.21 bits per heavy atom. The molecule has 0 aromatic heterocycles. The third-order valence-electron chi connectivity index (χ3n) is 2.15. The normalized spacial score (nSPS) is 12.9. The van der Waals surface area contributed by atoms with Gasteiger partial charge in [0.2, 0.25) is 0 Å². The van der Waals surface area contributed by atoms with Crippen LogP contribution in [0.2, 0.25) is 0 Å². The molecule has 0 fully saturated rings. The van der Waals surface area contributed by atoms with Gasteiger partial charge in [0, 0.05) is 11.0 Å². The summed E-state index contributed by atoms with van der Waals surface area (Å²) in [6.45, 7) is 5.54. The summed E-state index contributed by atoms with van der Waals surface area (Å²) >= 11 is 3.43. The van der Waals surface area contributed by atoms with Gasteiger partial charge >= 0.3 is 0 Å². The second-order valence-corrected chi connectivity index (χ2v) is 4.19. The molecule has 2 N–H and O–H groups in total. The molecule has 0 spiro atoms. The molecule has 1 aromatic carbocycles. The van der Waals surface area contributed by atoms with E-state index in [1.54, 1.807) is 0 Å². The maximum atomic E-state index is 9.79. The van der Waals surface area contributed by atoms with E-state index in [2.05, 4.69) is 21.2 Å². The Balaban J connectivity index is 2.70. The first-order valence-corrected chi connectivity index (χ1v) is 5.59. The molecule has 0 bridgehead atoms. The van der Waals surface area contributed by atoms with E-state index >= 15 is 0 Å². The summed E-state index contributed by atoms with van der Waals surface area (Å²) in [5.74, 6) is 0. The molecule has 78 valence electrons. The molecule has 3 heteroatoms. The van der Waals surface area contributed by atoms with Crippen molar-refractivity contribution in [2.24, 2.45) is 0 Å². The number of rotatable bonds is 4. The van der Waals surface area contributed by atoms with Gasteiger partial charge in [0.25, 0.3) is 0 Å². The molecule has 0 radical (unpaired) electrons. The standard InChI is InChI=1S/C11H16BrNO/c1-3-13-7-11(14)9-4-5-10(12)8(2)6-9/h4-6,11,13-14H,3,7H2,1-2H3. The van der Waals surface area contributed by atoms with Crippen LogP contribution in [0, 0.1) is 6.92 Å². The van der Waals surface area contributed by atoms with Gasteiger partial charge in [0.05, 0.1) is 6.10 Å². The van der Waals surface area contributed by atoms with Gasteiger partial charge in [-0.3, -0.25) is 0 Å². The van der Waals surface area contributed by atoms with Gasteiger partial charge in [-0.25, -0.2) is 0 Å². The molecule has 1 unspecified atom stereocenters. The van der Waals surface area contributed by atoms with Gasteiger partial charge < -0.3 is 10.4 Å². The van der Waals surface area contributed by atoms with Crippen LogP contribution < -0.4 is 5.32 Å². The van der Waals surface area contributed by atoms with Crippen LogP contribution in [0.4, 0.5) is 0 Å². The van der Waals surface area contributed by atoms with Gasteiger partial charge in [0.1, 0.15) is 0 Å². The zero-order valence-electron chi connectivity index (χ0n) is 8.55. The highest BCUT2D eigenvalue weighted by molar-refractivity contribution is 9.10. The number of benzene rings is 1. The van der Waals surface area contributed by atoms with Crippen molar-refractivity contribution in [1.29, 1.82) is 0 Å². The molecule has 1 atom stereocenters. The van der Waals surface area contributed by atoms with Crippen molar-refractivity contribution in [3.05, 3.63) is 33.8 Å². The first kappa shape index (κ1) is 11.7. The fraction of sp³-hybridized carbons (Fsp3) is 0.455. The number of aliphatic hydroxyl groups excluding tert-OH is 1. The van der Waals surface area contributed by atoms with Crippen molar-refractivity contribution in [2.75, 3.05) is 13.1 Å². The summed E-state index contributed by atoms with van der Waals surface area (Å²) in [4.78, 5) is 0. The van der Waals surface area contributed by atoms with Gasteiger partial charge in [-0.2, -0.15) is 0 Å².